The highest BCUT2D eigenvalue weighted by atomic mass is 79.9. The van der Waals surface area contributed by atoms with Gasteiger partial charge in [0.25, 0.3) is 0 Å². The van der Waals surface area contributed by atoms with Crippen molar-refractivity contribution in [2.24, 2.45) is 20.0 Å². The second-order valence-corrected chi connectivity index (χ2v) is 7.20. The number of hydrogen-bond donors (Lipinski definition) is 0. The monoisotopic (exact) mass is 386 g/mol. The van der Waals surface area contributed by atoms with E-state index in [1.165, 1.54) is 24.8 Å². The molecule has 1 aromatic carbocycles. The van der Waals surface area contributed by atoms with Crippen LogP contribution in [0.2, 0.25) is 0 Å². The van der Waals surface area contributed by atoms with Crippen LogP contribution < -0.4 is 5.69 Å². The van der Waals surface area contributed by atoms with Gasteiger partial charge in [-0.1, -0.05) is 38.3 Å². The van der Waals surface area contributed by atoms with Gasteiger partial charge in [-0.2, -0.15) is 0 Å². The van der Waals surface area contributed by atoms with Gasteiger partial charge in [-0.25, -0.2) is 4.79 Å². The first-order chi connectivity index (χ1) is 9.00. The lowest BCUT2D eigenvalue weighted by Gasteiger charge is -2.31. The average Bonchev–Trinajstić information content (AvgIpc) is 2.51. The Bertz CT molecular complexity index is 698. The number of alkyl halides is 1. The number of nitrogens with zero attached hydrogens (tertiary/aromatic N) is 2. The highest BCUT2D eigenvalue weighted by Crippen LogP contribution is 2.45. The first-order valence-electron chi connectivity index (χ1n) is 6.49. The van der Waals surface area contributed by atoms with E-state index in [-0.39, 0.29) is 5.69 Å². The Morgan fingerprint density at radius 2 is 1.79 bits per heavy atom. The first-order valence-corrected chi connectivity index (χ1v) is 8.20. The molecule has 1 atom stereocenters. The molecule has 5 heteroatoms. The molecule has 102 valence electrons. The lowest BCUT2D eigenvalue weighted by Crippen LogP contribution is -2.19. The number of benzene rings is 1. The Morgan fingerprint density at radius 1 is 1.21 bits per heavy atom. The highest BCUT2D eigenvalue weighted by Gasteiger charge is 2.28. The topological polar surface area (TPSA) is 26.9 Å². The summed E-state index contributed by atoms with van der Waals surface area (Å²) in [6, 6.07) is 4.19. The third-order valence-electron chi connectivity index (χ3n) is 4.25. The number of aromatic nitrogens is 2. The van der Waals surface area contributed by atoms with Crippen molar-refractivity contribution >= 4 is 42.9 Å². The van der Waals surface area contributed by atoms with Gasteiger partial charge in [0.15, 0.2) is 0 Å². The zero-order valence-corrected chi connectivity index (χ0v) is 14.2. The van der Waals surface area contributed by atoms with Crippen LogP contribution in [0.15, 0.2) is 21.4 Å². The fourth-order valence-electron chi connectivity index (χ4n) is 2.73. The summed E-state index contributed by atoms with van der Waals surface area (Å²) in [5, 5.41) is 0. The average molecular weight is 388 g/mol. The highest BCUT2D eigenvalue weighted by molar-refractivity contribution is 9.11. The van der Waals surface area contributed by atoms with E-state index in [0.29, 0.717) is 4.83 Å². The van der Waals surface area contributed by atoms with Gasteiger partial charge in [0.2, 0.25) is 0 Å². The molecule has 1 heterocycles. The predicted octanol–water partition coefficient (Wildman–Crippen LogP) is 3.88. The lowest BCUT2D eigenvalue weighted by atomic mass is 9.81. The van der Waals surface area contributed by atoms with Gasteiger partial charge in [-0.15, -0.1) is 0 Å². The molecule has 0 amide bonds. The number of imidazole rings is 1. The molecule has 0 radical (unpaired) electrons. The summed E-state index contributed by atoms with van der Waals surface area (Å²) < 4.78 is 4.48. The molecule has 0 N–H and O–H groups in total. The summed E-state index contributed by atoms with van der Waals surface area (Å²) in [5.74, 6) is 0.717. The van der Waals surface area contributed by atoms with Crippen LogP contribution in [0.3, 0.4) is 0 Å². The van der Waals surface area contributed by atoms with Crippen LogP contribution in [-0.2, 0) is 14.1 Å². The normalized spacial score (nSPS) is 17.7. The summed E-state index contributed by atoms with van der Waals surface area (Å²) in [6.45, 7) is 0. The number of rotatable bonds is 2. The van der Waals surface area contributed by atoms with E-state index in [0.717, 1.165) is 21.4 Å². The van der Waals surface area contributed by atoms with Crippen LogP contribution in [0.25, 0.3) is 11.0 Å². The molecule has 1 aliphatic rings. The maximum absolute atomic E-state index is 12.0. The predicted molar refractivity (Wildman–Crippen MR) is 84.9 cm³/mol. The number of aryl methyl sites for hydroxylation is 2. The van der Waals surface area contributed by atoms with E-state index in [9.17, 15) is 4.79 Å². The molecule has 0 bridgehead atoms. The minimum Gasteiger partial charge on any atom is -0.295 e. The van der Waals surface area contributed by atoms with Crippen molar-refractivity contribution in [1.29, 1.82) is 0 Å². The summed E-state index contributed by atoms with van der Waals surface area (Å²) >= 11 is 7.48. The Kier molecular flexibility index (Phi) is 3.38. The fourth-order valence-corrected chi connectivity index (χ4v) is 4.53. The molecule has 0 saturated heterocycles. The van der Waals surface area contributed by atoms with Gasteiger partial charge in [0.05, 0.1) is 11.0 Å². The number of hydrogen-bond acceptors (Lipinski definition) is 1. The Labute approximate surface area is 128 Å². The first kappa shape index (κ1) is 13.4. The van der Waals surface area contributed by atoms with Gasteiger partial charge < -0.3 is 0 Å². The molecule has 1 unspecified atom stereocenters. The molecule has 1 aromatic heterocycles. The van der Waals surface area contributed by atoms with E-state index in [1.54, 1.807) is 9.13 Å². The van der Waals surface area contributed by atoms with Gasteiger partial charge in [-0.3, -0.25) is 9.13 Å². The third-order valence-corrected chi connectivity index (χ3v) is 6.18. The molecule has 0 spiro atoms. The standard InChI is InChI=1S/C14H16Br2N2O/c1-17-11-6-9(13(16)8-4-3-5-8)10(15)7-12(11)18(2)14(17)19/h6-8,13H,3-5H2,1-2H3. The van der Waals surface area contributed by atoms with E-state index in [2.05, 4.69) is 44.0 Å². The molecule has 19 heavy (non-hydrogen) atoms. The second-order valence-electron chi connectivity index (χ2n) is 5.36. The zero-order chi connectivity index (χ0) is 13.7. The molecular weight excluding hydrogens is 372 g/mol. The van der Waals surface area contributed by atoms with Crippen molar-refractivity contribution in [2.45, 2.75) is 24.1 Å². The Hall–Kier alpha value is -0.550. The largest absolute Gasteiger partial charge is 0.328 e. The summed E-state index contributed by atoms with van der Waals surface area (Å²) in [6.07, 6.45) is 3.90. The quantitative estimate of drug-likeness (QED) is 0.718. The molecule has 3 rings (SSSR count). The van der Waals surface area contributed by atoms with E-state index in [4.69, 9.17) is 0 Å². The Morgan fingerprint density at radius 3 is 2.32 bits per heavy atom. The van der Waals surface area contributed by atoms with Gasteiger partial charge >= 0.3 is 5.69 Å². The van der Waals surface area contributed by atoms with Crippen LogP contribution in [-0.4, -0.2) is 9.13 Å². The van der Waals surface area contributed by atoms with Crippen LogP contribution in [0.5, 0.6) is 0 Å². The maximum Gasteiger partial charge on any atom is 0.328 e. The second kappa shape index (κ2) is 4.77. The van der Waals surface area contributed by atoms with Crippen molar-refractivity contribution < 1.29 is 0 Å². The number of halogens is 2. The maximum atomic E-state index is 12.0. The fraction of sp³-hybridized carbons (Fsp3) is 0.500. The van der Waals surface area contributed by atoms with E-state index < -0.39 is 0 Å². The number of fused-ring (bicyclic) bond motifs is 1. The molecule has 3 nitrogen and oxygen atoms in total. The van der Waals surface area contributed by atoms with Gasteiger partial charge in [-0.05, 0) is 36.5 Å². The van der Waals surface area contributed by atoms with Crippen molar-refractivity contribution in [1.82, 2.24) is 9.13 Å². The molecule has 1 aliphatic carbocycles. The van der Waals surface area contributed by atoms with Crippen LogP contribution in [0.4, 0.5) is 0 Å². The third kappa shape index (κ3) is 2.02. The van der Waals surface area contributed by atoms with Gasteiger partial charge in [0.1, 0.15) is 0 Å². The summed E-state index contributed by atoms with van der Waals surface area (Å²) in [5.41, 5.74) is 3.23. The van der Waals surface area contributed by atoms with Crippen molar-refractivity contribution in [3.8, 4) is 0 Å². The van der Waals surface area contributed by atoms with Crippen molar-refractivity contribution in [2.75, 3.05) is 0 Å². The minimum atomic E-state index is 0.0221. The van der Waals surface area contributed by atoms with Gasteiger partial charge in [0, 0.05) is 23.4 Å². The molecular formula is C14H16Br2N2O. The van der Waals surface area contributed by atoms with Crippen LogP contribution in [0.1, 0.15) is 29.7 Å². The minimum absolute atomic E-state index is 0.0221. The zero-order valence-electron chi connectivity index (χ0n) is 11.0. The SMILES string of the molecule is Cn1c(=O)n(C)c2cc(C(Br)C3CCC3)c(Br)cc21. The summed E-state index contributed by atoms with van der Waals surface area (Å²) in [7, 11) is 3.64. The van der Waals surface area contributed by atoms with E-state index in [1.807, 2.05) is 14.1 Å². The Balaban J connectivity index is 2.18. The van der Waals surface area contributed by atoms with Crippen LogP contribution >= 0.6 is 31.9 Å². The van der Waals surface area contributed by atoms with Crippen molar-refractivity contribution in [3.05, 3.63) is 32.7 Å². The molecule has 1 fully saturated rings. The smallest absolute Gasteiger partial charge is 0.295 e. The van der Waals surface area contributed by atoms with Crippen molar-refractivity contribution in [3.63, 3.8) is 0 Å². The summed E-state index contributed by atoms with van der Waals surface area (Å²) in [4.78, 5) is 12.4. The molecule has 2 aromatic rings. The van der Waals surface area contributed by atoms with E-state index >= 15 is 0 Å². The molecule has 1 saturated carbocycles. The van der Waals surface area contributed by atoms with Crippen LogP contribution in [0, 0.1) is 5.92 Å². The molecule has 0 aliphatic heterocycles. The lowest BCUT2D eigenvalue weighted by molar-refractivity contribution is 0.312.